The summed E-state index contributed by atoms with van der Waals surface area (Å²) in [7, 11) is 0. The van der Waals surface area contributed by atoms with E-state index < -0.39 is 0 Å². The largest absolute Gasteiger partial charge is 0.347 e. The smallest absolute Gasteiger partial charge is 0.169 e. The van der Waals surface area contributed by atoms with Crippen LogP contribution in [0.5, 0.6) is 0 Å². The average molecular weight is 224 g/mol. The second-order valence-electron chi connectivity index (χ2n) is 4.83. The molecule has 0 aromatic carbocycles. The number of nitrogens with zero attached hydrogens (tertiary/aromatic N) is 1. The van der Waals surface area contributed by atoms with Crippen molar-refractivity contribution < 1.29 is 9.47 Å². The molecule has 2 unspecified atom stereocenters. The van der Waals surface area contributed by atoms with Crippen molar-refractivity contribution in [3.8, 4) is 6.07 Å². The number of hydrogen-bond acceptors (Lipinski definition) is 4. The number of nitrogens with one attached hydrogen (secondary N) is 1. The van der Waals surface area contributed by atoms with Gasteiger partial charge in [0.2, 0.25) is 0 Å². The minimum Gasteiger partial charge on any atom is -0.347 e. The Labute approximate surface area is 96.9 Å². The fourth-order valence-electron chi connectivity index (χ4n) is 2.70. The molecule has 0 aromatic rings. The van der Waals surface area contributed by atoms with Crippen LogP contribution in [0.3, 0.4) is 0 Å². The summed E-state index contributed by atoms with van der Waals surface area (Å²) >= 11 is 0. The molecule has 1 saturated heterocycles. The van der Waals surface area contributed by atoms with Crippen molar-refractivity contribution in [3.05, 3.63) is 0 Å². The van der Waals surface area contributed by atoms with E-state index in [1.54, 1.807) is 0 Å². The summed E-state index contributed by atoms with van der Waals surface area (Å²) in [6, 6.07) is 2.88. The van der Waals surface area contributed by atoms with Gasteiger partial charge in [-0.05, 0) is 19.8 Å². The third-order valence-corrected chi connectivity index (χ3v) is 3.40. The first-order valence-electron chi connectivity index (χ1n) is 6.15. The topological polar surface area (TPSA) is 54.3 Å². The molecule has 4 heteroatoms. The molecule has 1 N–H and O–H groups in total. The van der Waals surface area contributed by atoms with Gasteiger partial charge in [0, 0.05) is 24.9 Å². The van der Waals surface area contributed by atoms with Crippen molar-refractivity contribution in [2.24, 2.45) is 0 Å². The van der Waals surface area contributed by atoms with Crippen molar-refractivity contribution in [2.45, 2.75) is 56.9 Å². The zero-order chi connectivity index (χ0) is 11.4. The van der Waals surface area contributed by atoms with Crippen molar-refractivity contribution in [1.29, 1.82) is 5.26 Å². The van der Waals surface area contributed by atoms with E-state index in [0.717, 1.165) is 38.9 Å². The lowest BCUT2D eigenvalue weighted by molar-refractivity contribution is -0.182. The Hall–Kier alpha value is -0.630. The maximum Gasteiger partial charge on any atom is 0.169 e. The molecular formula is C12H20N2O2. The van der Waals surface area contributed by atoms with Gasteiger partial charge in [-0.1, -0.05) is 0 Å². The molecule has 2 aliphatic rings. The predicted octanol–water partition coefficient (Wildman–Crippen LogP) is 1.56. The van der Waals surface area contributed by atoms with Gasteiger partial charge in [-0.2, -0.15) is 5.26 Å². The van der Waals surface area contributed by atoms with E-state index in [1.165, 1.54) is 0 Å². The quantitative estimate of drug-likeness (QED) is 0.790. The van der Waals surface area contributed by atoms with Gasteiger partial charge in [0.15, 0.2) is 5.79 Å². The second kappa shape index (κ2) is 5.13. The molecule has 1 aliphatic heterocycles. The number of hydrogen-bond donors (Lipinski definition) is 1. The Morgan fingerprint density at radius 1 is 1.50 bits per heavy atom. The zero-order valence-corrected chi connectivity index (χ0v) is 9.87. The number of nitriles is 1. The Morgan fingerprint density at radius 3 is 2.94 bits per heavy atom. The minimum absolute atomic E-state index is 0.256. The van der Waals surface area contributed by atoms with E-state index in [0.29, 0.717) is 12.5 Å². The average Bonchev–Trinajstić information content (AvgIpc) is 2.66. The molecule has 1 spiro atoms. The van der Waals surface area contributed by atoms with Gasteiger partial charge in [-0.3, -0.25) is 0 Å². The van der Waals surface area contributed by atoms with E-state index in [9.17, 15) is 0 Å². The lowest BCUT2D eigenvalue weighted by Crippen LogP contribution is -2.47. The zero-order valence-electron chi connectivity index (χ0n) is 9.87. The van der Waals surface area contributed by atoms with Gasteiger partial charge in [-0.25, -0.2) is 0 Å². The fourth-order valence-corrected chi connectivity index (χ4v) is 2.70. The summed E-state index contributed by atoms with van der Waals surface area (Å²) in [4.78, 5) is 0. The first-order chi connectivity index (χ1) is 7.74. The summed E-state index contributed by atoms with van der Waals surface area (Å²) in [5, 5.41) is 12.1. The van der Waals surface area contributed by atoms with Crippen LogP contribution in [0, 0.1) is 11.3 Å². The van der Waals surface area contributed by atoms with Crippen LogP contribution in [0.1, 0.15) is 39.0 Å². The van der Waals surface area contributed by atoms with Crippen molar-refractivity contribution in [2.75, 3.05) is 13.2 Å². The molecule has 4 nitrogen and oxygen atoms in total. The van der Waals surface area contributed by atoms with Gasteiger partial charge in [-0.15, -0.1) is 0 Å². The molecular weight excluding hydrogens is 204 g/mol. The first-order valence-corrected chi connectivity index (χ1v) is 6.15. The number of ether oxygens (including phenoxy) is 2. The molecule has 16 heavy (non-hydrogen) atoms. The molecule has 2 fully saturated rings. The van der Waals surface area contributed by atoms with E-state index in [1.807, 2.05) is 0 Å². The summed E-state index contributed by atoms with van der Waals surface area (Å²) < 4.78 is 11.5. The maximum atomic E-state index is 8.63. The first kappa shape index (κ1) is 11.8. The van der Waals surface area contributed by atoms with Crippen molar-refractivity contribution in [3.63, 3.8) is 0 Å². The normalized spacial score (nSPS) is 30.1. The minimum atomic E-state index is -0.317. The van der Waals surface area contributed by atoms with E-state index in [4.69, 9.17) is 14.7 Å². The maximum absolute atomic E-state index is 8.63. The Kier molecular flexibility index (Phi) is 3.80. The molecule has 0 radical (unpaired) electrons. The predicted molar refractivity (Wildman–Crippen MR) is 59.7 cm³/mol. The molecule has 2 rings (SSSR count). The van der Waals surface area contributed by atoms with Crippen molar-refractivity contribution in [1.82, 2.24) is 5.32 Å². The highest BCUT2D eigenvalue weighted by Gasteiger charge is 2.41. The van der Waals surface area contributed by atoms with E-state index >= 15 is 0 Å². The van der Waals surface area contributed by atoms with Gasteiger partial charge in [0.05, 0.1) is 25.7 Å². The van der Waals surface area contributed by atoms with E-state index in [2.05, 4.69) is 18.3 Å². The van der Waals surface area contributed by atoms with Crippen LogP contribution >= 0.6 is 0 Å². The molecule has 1 saturated carbocycles. The van der Waals surface area contributed by atoms with Crippen LogP contribution in [-0.4, -0.2) is 31.1 Å². The van der Waals surface area contributed by atoms with Gasteiger partial charge in [0.25, 0.3) is 0 Å². The van der Waals surface area contributed by atoms with Gasteiger partial charge < -0.3 is 14.8 Å². The van der Waals surface area contributed by atoms with Crippen LogP contribution < -0.4 is 5.32 Å². The number of rotatable bonds is 3. The molecule has 1 aliphatic carbocycles. The monoisotopic (exact) mass is 224 g/mol. The molecule has 0 aromatic heterocycles. The molecule has 1 heterocycles. The summed E-state index contributed by atoms with van der Waals surface area (Å²) in [6.45, 7) is 3.50. The molecule has 2 atom stereocenters. The summed E-state index contributed by atoms with van der Waals surface area (Å²) in [5.74, 6) is -0.317. The van der Waals surface area contributed by atoms with Crippen molar-refractivity contribution >= 4 is 0 Å². The highest BCUT2D eigenvalue weighted by molar-refractivity contribution is 4.89. The van der Waals surface area contributed by atoms with Crippen LogP contribution in [0.4, 0.5) is 0 Å². The van der Waals surface area contributed by atoms with Gasteiger partial charge in [0.1, 0.15) is 0 Å². The van der Waals surface area contributed by atoms with Crippen LogP contribution in [0.2, 0.25) is 0 Å². The van der Waals surface area contributed by atoms with Crippen LogP contribution in [0.25, 0.3) is 0 Å². The lowest BCUT2D eigenvalue weighted by Gasteiger charge is -2.37. The Morgan fingerprint density at radius 2 is 2.25 bits per heavy atom. The van der Waals surface area contributed by atoms with Crippen LogP contribution in [0.15, 0.2) is 0 Å². The van der Waals surface area contributed by atoms with E-state index in [-0.39, 0.29) is 11.8 Å². The third-order valence-electron chi connectivity index (χ3n) is 3.40. The summed E-state index contributed by atoms with van der Waals surface area (Å²) in [6.07, 6.45) is 4.78. The standard InChI is InChI=1S/C12H20N2O2/c1-10(4-6-13)14-11-3-2-5-12(9-11)15-7-8-16-12/h10-11,14H,2-5,7-9H2,1H3. The molecule has 0 bridgehead atoms. The Bertz CT molecular complexity index is 269. The third kappa shape index (κ3) is 2.73. The Balaban J connectivity index is 1.85. The van der Waals surface area contributed by atoms with Crippen LogP contribution in [-0.2, 0) is 9.47 Å². The lowest BCUT2D eigenvalue weighted by atomic mass is 9.89. The van der Waals surface area contributed by atoms with Gasteiger partial charge >= 0.3 is 0 Å². The molecule has 0 amide bonds. The highest BCUT2D eigenvalue weighted by Crippen LogP contribution is 2.35. The molecule has 90 valence electrons. The SMILES string of the molecule is CC(CC#N)NC1CCCC2(C1)OCCO2. The second-order valence-corrected chi connectivity index (χ2v) is 4.83. The fraction of sp³-hybridized carbons (Fsp3) is 0.917. The highest BCUT2D eigenvalue weighted by atomic mass is 16.7. The summed E-state index contributed by atoms with van der Waals surface area (Å²) in [5.41, 5.74) is 0.